The van der Waals surface area contributed by atoms with Crippen molar-refractivity contribution >= 4 is 33.4 Å². The van der Waals surface area contributed by atoms with Crippen molar-refractivity contribution in [3.63, 3.8) is 0 Å². The maximum absolute atomic E-state index is 13.2. The summed E-state index contributed by atoms with van der Waals surface area (Å²) in [4.78, 5) is 13.9. The zero-order valence-corrected chi connectivity index (χ0v) is 18.4. The Hall–Kier alpha value is -0.593. The van der Waals surface area contributed by atoms with Crippen molar-refractivity contribution in [1.29, 1.82) is 0 Å². The lowest BCUT2D eigenvalue weighted by Crippen LogP contribution is -2.42. The third-order valence-corrected chi connectivity index (χ3v) is 13.1. The van der Waals surface area contributed by atoms with E-state index in [4.69, 9.17) is 13.8 Å². The van der Waals surface area contributed by atoms with E-state index in [2.05, 4.69) is 31.8 Å². The van der Waals surface area contributed by atoms with Gasteiger partial charge in [-0.15, -0.1) is 11.8 Å². The highest BCUT2D eigenvalue weighted by Crippen LogP contribution is 2.76. The van der Waals surface area contributed by atoms with Crippen LogP contribution in [0.2, 0.25) is 19.6 Å². The van der Waals surface area contributed by atoms with Crippen LogP contribution in [0.3, 0.4) is 0 Å². The van der Waals surface area contributed by atoms with Crippen molar-refractivity contribution in [3.8, 4) is 0 Å². The number of esters is 1. The summed E-state index contributed by atoms with van der Waals surface area (Å²) in [5.74, 6) is -0.594. The number of benzene rings is 1. The summed E-state index contributed by atoms with van der Waals surface area (Å²) in [5.41, 5.74) is 0. The fourth-order valence-electron chi connectivity index (χ4n) is 3.38. The summed E-state index contributed by atoms with van der Waals surface area (Å²) in [6.07, 6.45) is 0.466. The molecule has 0 bridgehead atoms. The number of carbonyl (C=O) groups excluding carboxylic acids is 1. The summed E-state index contributed by atoms with van der Waals surface area (Å²) >= 11 is 1.76. The second kappa shape index (κ2) is 7.57. The Morgan fingerprint density at radius 3 is 2.20 bits per heavy atom. The fourth-order valence-corrected chi connectivity index (χ4v) is 10.2. The minimum Gasteiger partial charge on any atom is -0.468 e. The van der Waals surface area contributed by atoms with Gasteiger partial charge in [-0.2, -0.15) is 0 Å². The van der Waals surface area contributed by atoms with E-state index in [1.54, 1.807) is 11.8 Å². The Bertz CT molecular complexity index is 655. The summed E-state index contributed by atoms with van der Waals surface area (Å²) < 4.78 is 28.6. The average Bonchev–Trinajstić information content (AvgIpc) is 3.35. The second-order valence-electron chi connectivity index (χ2n) is 7.31. The first-order valence-corrected chi connectivity index (χ1v) is 14.2. The van der Waals surface area contributed by atoms with Crippen LogP contribution in [0, 0.1) is 5.92 Å². The topological polar surface area (TPSA) is 61.8 Å². The normalized spacial score (nSPS) is 24.6. The lowest BCUT2D eigenvalue weighted by molar-refractivity contribution is -0.141. The molecule has 0 spiro atoms. The third-order valence-electron chi connectivity index (χ3n) is 4.72. The van der Waals surface area contributed by atoms with Crippen LogP contribution < -0.4 is 0 Å². The van der Waals surface area contributed by atoms with E-state index >= 15 is 0 Å². The Morgan fingerprint density at radius 2 is 1.76 bits per heavy atom. The average molecular weight is 403 g/mol. The van der Waals surface area contributed by atoms with Crippen LogP contribution in [-0.4, -0.2) is 45.4 Å². The molecule has 1 aromatic carbocycles. The molecule has 1 aliphatic rings. The van der Waals surface area contributed by atoms with Gasteiger partial charge in [0, 0.05) is 24.0 Å². The predicted molar refractivity (Wildman–Crippen MR) is 104 cm³/mol. The first-order chi connectivity index (χ1) is 11.7. The minimum absolute atomic E-state index is 0.0949. The van der Waals surface area contributed by atoms with Crippen LogP contribution in [0.5, 0.6) is 0 Å². The second-order valence-corrected chi connectivity index (χ2v) is 16.8. The van der Waals surface area contributed by atoms with Gasteiger partial charge in [0.25, 0.3) is 0 Å². The van der Waals surface area contributed by atoms with Gasteiger partial charge in [-0.05, 0) is 24.5 Å². The van der Waals surface area contributed by atoms with Crippen LogP contribution in [0.15, 0.2) is 35.2 Å². The molecular weight excluding hydrogens is 375 g/mol. The van der Waals surface area contributed by atoms with E-state index in [0.29, 0.717) is 6.42 Å². The summed E-state index contributed by atoms with van der Waals surface area (Å²) in [6.45, 7) is 6.79. The molecule has 0 radical (unpaired) electrons. The monoisotopic (exact) mass is 402 g/mol. The molecule has 1 saturated carbocycles. The van der Waals surface area contributed by atoms with Crippen molar-refractivity contribution in [2.24, 2.45) is 5.92 Å². The molecule has 140 valence electrons. The lowest BCUT2D eigenvalue weighted by atomic mass is 10.3. The molecule has 0 heterocycles. The van der Waals surface area contributed by atoms with E-state index in [0.717, 1.165) is 4.90 Å². The summed E-state index contributed by atoms with van der Waals surface area (Å²) in [5, 5.41) is -1.20. The number of hydrogen-bond acceptors (Lipinski definition) is 6. The number of methoxy groups -OCH3 is 1. The van der Waals surface area contributed by atoms with E-state index in [1.165, 1.54) is 21.3 Å². The molecule has 0 unspecified atom stereocenters. The lowest BCUT2D eigenvalue weighted by Gasteiger charge is -2.32. The van der Waals surface area contributed by atoms with E-state index < -0.39 is 26.8 Å². The number of carbonyl (C=O) groups is 1. The summed E-state index contributed by atoms with van der Waals surface area (Å²) in [7, 11) is -1.31. The smallest absolute Gasteiger partial charge is 0.347 e. The first kappa shape index (κ1) is 20.7. The van der Waals surface area contributed by atoms with Crippen molar-refractivity contribution < 1.29 is 23.1 Å². The maximum Gasteiger partial charge on any atom is 0.347 e. The molecule has 5 nitrogen and oxygen atoms in total. The third kappa shape index (κ3) is 3.76. The van der Waals surface area contributed by atoms with Gasteiger partial charge in [-0.1, -0.05) is 37.8 Å². The first-order valence-electron chi connectivity index (χ1n) is 8.18. The van der Waals surface area contributed by atoms with Crippen molar-refractivity contribution in [1.82, 2.24) is 0 Å². The van der Waals surface area contributed by atoms with Crippen LogP contribution in [0.4, 0.5) is 0 Å². The van der Waals surface area contributed by atoms with Gasteiger partial charge in [-0.25, -0.2) is 0 Å². The minimum atomic E-state index is -3.60. The fraction of sp³-hybridized carbons (Fsp3) is 0.588. The van der Waals surface area contributed by atoms with Gasteiger partial charge in [0.2, 0.25) is 0 Å². The predicted octanol–water partition coefficient (Wildman–Crippen LogP) is 4.44. The highest BCUT2D eigenvalue weighted by atomic mass is 32.2. The van der Waals surface area contributed by atoms with Crippen molar-refractivity contribution in [2.75, 3.05) is 21.3 Å². The highest BCUT2D eigenvalue weighted by Gasteiger charge is 2.76. The van der Waals surface area contributed by atoms with Crippen molar-refractivity contribution in [3.05, 3.63) is 30.3 Å². The molecule has 1 aromatic rings. The van der Waals surface area contributed by atoms with Gasteiger partial charge in [0.05, 0.1) is 15.2 Å². The molecule has 0 saturated heterocycles. The van der Waals surface area contributed by atoms with Gasteiger partial charge < -0.3 is 13.8 Å². The quantitative estimate of drug-likeness (QED) is 0.277. The zero-order valence-electron chi connectivity index (χ0n) is 15.6. The molecule has 3 atom stereocenters. The molecule has 1 fully saturated rings. The van der Waals surface area contributed by atoms with Crippen molar-refractivity contribution in [2.45, 2.75) is 41.0 Å². The molecule has 0 amide bonds. The maximum atomic E-state index is 13.2. The Balaban J connectivity index is 2.41. The molecule has 2 rings (SSSR count). The van der Waals surface area contributed by atoms with Gasteiger partial charge in [0.15, 0.2) is 5.16 Å². The molecule has 8 heteroatoms. The van der Waals surface area contributed by atoms with Crippen LogP contribution >= 0.6 is 19.4 Å². The molecule has 0 aliphatic heterocycles. The van der Waals surface area contributed by atoms with Gasteiger partial charge in [0.1, 0.15) is 0 Å². The molecule has 0 N–H and O–H groups in total. The molecule has 0 aromatic heterocycles. The zero-order chi connectivity index (χ0) is 18.9. The SMILES string of the molecule is COC(=O)[C@]1(P(=O)(OC)OC)C[C@@H]1[C@H](Sc1ccccc1)[Si](C)(C)C. The van der Waals surface area contributed by atoms with Gasteiger partial charge in [-0.3, -0.25) is 9.36 Å². The van der Waals surface area contributed by atoms with E-state index in [9.17, 15) is 9.36 Å². The van der Waals surface area contributed by atoms with Crippen LogP contribution in [0.25, 0.3) is 0 Å². The largest absolute Gasteiger partial charge is 0.468 e. The Kier molecular flexibility index (Phi) is 6.27. The number of hydrogen-bond donors (Lipinski definition) is 0. The number of ether oxygens (including phenoxy) is 1. The Labute approximate surface area is 155 Å². The van der Waals surface area contributed by atoms with Crippen LogP contribution in [0.1, 0.15) is 6.42 Å². The van der Waals surface area contributed by atoms with Crippen LogP contribution in [-0.2, 0) is 23.1 Å². The molecular formula is C17H27O5PSSi. The van der Waals surface area contributed by atoms with Gasteiger partial charge >= 0.3 is 13.6 Å². The van der Waals surface area contributed by atoms with E-state index in [1.807, 2.05) is 18.2 Å². The number of thioether (sulfide) groups is 1. The highest BCUT2D eigenvalue weighted by molar-refractivity contribution is 8.01. The Morgan fingerprint density at radius 1 is 1.20 bits per heavy atom. The molecule has 1 aliphatic carbocycles. The number of rotatable bonds is 8. The molecule has 25 heavy (non-hydrogen) atoms. The summed E-state index contributed by atoms with van der Waals surface area (Å²) in [6, 6.07) is 10.1. The van der Waals surface area contributed by atoms with E-state index in [-0.39, 0.29) is 10.8 Å². The standard InChI is InChI=1S/C17H27O5PSSi/c1-20-16(18)17(23(19,21-2)22-3)12-14(17)15(25(4,5)6)24-13-10-8-7-9-11-13/h7-11,14-15H,12H2,1-6H3/t14-,15-,17+/m1/s1.